The highest BCUT2D eigenvalue weighted by Crippen LogP contribution is 2.29. The van der Waals surface area contributed by atoms with Crippen LogP contribution in [0.25, 0.3) is 11.0 Å². The SMILES string of the molecule is CCCC[C@H](NC(=O)[C@H](C)Oc1ccc2c(CCC)cc(=O)oc2c1C)C(=O)O. The number of rotatable bonds is 10. The van der Waals surface area contributed by atoms with Crippen molar-refractivity contribution in [3.63, 3.8) is 0 Å². The highest BCUT2D eigenvalue weighted by Gasteiger charge is 2.24. The minimum absolute atomic E-state index is 0.366. The molecule has 2 rings (SSSR count). The van der Waals surface area contributed by atoms with Crippen molar-refractivity contribution in [1.29, 1.82) is 0 Å². The number of ether oxygens (including phenoxy) is 1. The van der Waals surface area contributed by atoms with Gasteiger partial charge in [0.05, 0.1) is 0 Å². The van der Waals surface area contributed by atoms with E-state index in [2.05, 4.69) is 5.32 Å². The number of amides is 1. The monoisotopic (exact) mass is 403 g/mol. The Morgan fingerprint density at radius 1 is 1.24 bits per heavy atom. The highest BCUT2D eigenvalue weighted by molar-refractivity contribution is 5.87. The molecule has 0 saturated heterocycles. The first-order valence-corrected chi connectivity index (χ1v) is 10.0. The molecule has 1 heterocycles. The standard InChI is InChI=1S/C22H29NO6/c1-5-7-9-17(22(26)27)23-21(25)14(4)28-18-11-10-16-15(8-6-2)12-19(24)29-20(16)13(18)3/h10-12,14,17H,5-9H2,1-4H3,(H,23,25)(H,26,27)/t14-,17-/m0/s1. The van der Waals surface area contributed by atoms with Crippen LogP contribution in [0.1, 0.15) is 57.6 Å². The summed E-state index contributed by atoms with van der Waals surface area (Å²) in [6.07, 6.45) is 2.66. The van der Waals surface area contributed by atoms with Crippen LogP contribution in [0.4, 0.5) is 0 Å². The zero-order valence-corrected chi connectivity index (χ0v) is 17.4. The van der Waals surface area contributed by atoms with Crippen LogP contribution in [0.15, 0.2) is 27.4 Å². The number of unbranched alkanes of at least 4 members (excludes halogenated alkanes) is 1. The molecule has 1 amide bonds. The molecule has 29 heavy (non-hydrogen) atoms. The van der Waals surface area contributed by atoms with E-state index in [1.54, 1.807) is 19.9 Å². The smallest absolute Gasteiger partial charge is 0.336 e. The predicted molar refractivity (Wildman–Crippen MR) is 110 cm³/mol. The van der Waals surface area contributed by atoms with E-state index in [1.165, 1.54) is 6.07 Å². The molecule has 0 aliphatic carbocycles. The molecule has 1 aromatic carbocycles. The summed E-state index contributed by atoms with van der Waals surface area (Å²) in [6, 6.07) is 4.12. The van der Waals surface area contributed by atoms with Crippen molar-refractivity contribution in [2.45, 2.75) is 71.9 Å². The van der Waals surface area contributed by atoms with Gasteiger partial charge in [-0.3, -0.25) is 4.79 Å². The van der Waals surface area contributed by atoms with Crippen LogP contribution in [0.2, 0.25) is 0 Å². The van der Waals surface area contributed by atoms with Crippen LogP contribution in [0.3, 0.4) is 0 Å². The molecule has 0 bridgehead atoms. The molecule has 158 valence electrons. The van der Waals surface area contributed by atoms with Crippen molar-refractivity contribution in [2.75, 3.05) is 0 Å². The topological polar surface area (TPSA) is 106 Å². The molecule has 7 nitrogen and oxygen atoms in total. The van der Waals surface area contributed by atoms with Crippen LogP contribution in [-0.4, -0.2) is 29.1 Å². The van der Waals surface area contributed by atoms with E-state index in [0.717, 1.165) is 30.2 Å². The Morgan fingerprint density at radius 2 is 1.97 bits per heavy atom. The molecule has 0 aliphatic rings. The van der Waals surface area contributed by atoms with Gasteiger partial charge in [-0.25, -0.2) is 9.59 Å². The number of benzene rings is 1. The third kappa shape index (κ3) is 5.59. The van der Waals surface area contributed by atoms with Crippen LogP contribution in [-0.2, 0) is 16.0 Å². The van der Waals surface area contributed by atoms with Crippen molar-refractivity contribution in [3.8, 4) is 5.75 Å². The normalized spacial score (nSPS) is 13.1. The zero-order chi connectivity index (χ0) is 21.6. The Hall–Kier alpha value is -2.83. The maximum absolute atomic E-state index is 12.4. The molecular weight excluding hydrogens is 374 g/mol. The lowest BCUT2D eigenvalue weighted by atomic mass is 10.0. The molecule has 0 unspecified atom stereocenters. The van der Waals surface area contributed by atoms with Gasteiger partial charge in [-0.2, -0.15) is 0 Å². The zero-order valence-electron chi connectivity index (χ0n) is 17.4. The van der Waals surface area contributed by atoms with Crippen molar-refractivity contribution >= 4 is 22.8 Å². The number of hydrogen-bond acceptors (Lipinski definition) is 5. The van der Waals surface area contributed by atoms with E-state index < -0.39 is 29.6 Å². The number of fused-ring (bicyclic) bond motifs is 1. The third-order valence-corrected chi connectivity index (χ3v) is 4.85. The fourth-order valence-corrected chi connectivity index (χ4v) is 3.21. The predicted octanol–water partition coefficient (Wildman–Crippen LogP) is 3.58. The van der Waals surface area contributed by atoms with Gasteiger partial charge in [-0.15, -0.1) is 0 Å². The largest absolute Gasteiger partial charge is 0.480 e. The van der Waals surface area contributed by atoms with Crippen molar-refractivity contribution in [3.05, 3.63) is 39.7 Å². The number of carbonyl (C=O) groups is 2. The van der Waals surface area contributed by atoms with Crippen LogP contribution in [0, 0.1) is 6.92 Å². The third-order valence-electron chi connectivity index (χ3n) is 4.85. The first-order chi connectivity index (χ1) is 13.8. The second-order valence-electron chi connectivity index (χ2n) is 7.21. The van der Waals surface area contributed by atoms with E-state index >= 15 is 0 Å². The van der Waals surface area contributed by atoms with Gasteiger partial charge in [-0.05, 0) is 44.4 Å². The first-order valence-electron chi connectivity index (χ1n) is 10.0. The lowest BCUT2D eigenvalue weighted by Gasteiger charge is -2.20. The summed E-state index contributed by atoms with van der Waals surface area (Å²) in [4.78, 5) is 35.7. The average molecular weight is 403 g/mol. The van der Waals surface area contributed by atoms with Crippen LogP contribution in [0.5, 0.6) is 5.75 Å². The lowest BCUT2D eigenvalue weighted by molar-refractivity contribution is -0.143. The summed E-state index contributed by atoms with van der Waals surface area (Å²) in [6.45, 7) is 7.32. The van der Waals surface area contributed by atoms with E-state index in [1.807, 2.05) is 19.9 Å². The molecule has 0 fully saturated rings. The summed E-state index contributed by atoms with van der Waals surface area (Å²) in [5.41, 5.74) is 1.56. The number of carbonyl (C=O) groups excluding carboxylic acids is 1. The molecule has 0 saturated carbocycles. The van der Waals surface area contributed by atoms with E-state index in [9.17, 15) is 19.5 Å². The maximum atomic E-state index is 12.4. The summed E-state index contributed by atoms with van der Waals surface area (Å²) in [5.74, 6) is -1.15. The highest BCUT2D eigenvalue weighted by atomic mass is 16.5. The van der Waals surface area contributed by atoms with Crippen LogP contribution >= 0.6 is 0 Å². The van der Waals surface area contributed by atoms with Crippen molar-refractivity contribution < 1.29 is 23.8 Å². The van der Waals surface area contributed by atoms with Crippen molar-refractivity contribution in [2.24, 2.45) is 0 Å². The number of nitrogens with one attached hydrogen (secondary N) is 1. The quantitative estimate of drug-likeness (QED) is 0.588. The Labute approximate surface area is 170 Å². The number of carboxylic acids is 1. The maximum Gasteiger partial charge on any atom is 0.336 e. The average Bonchev–Trinajstić information content (AvgIpc) is 2.67. The Bertz CT molecular complexity index is 933. The van der Waals surface area contributed by atoms with Gasteiger partial charge in [0, 0.05) is 17.0 Å². The molecule has 0 aliphatic heterocycles. The van der Waals surface area contributed by atoms with E-state index in [-0.39, 0.29) is 0 Å². The number of carboxylic acid groups (broad SMARTS) is 1. The summed E-state index contributed by atoms with van der Waals surface area (Å²) < 4.78 is 11.2. The second kappa shape index (κ2) is 10.1. The van der Waals surface area contributed by atoms with Gasteiger partial charge in [0.15, 0.2) is 6.10 Å². The molecule has 1 aromatic heterocycles. The van der Waals surface area contributed by atoms with Gasteiger partial charge in [0.25, 0.3) is 5.91 Å². The summed E-state index contributed by atoms with van der Waals surface area (Å²) in [5, 5.41) is 12.7. The lowest BCUT2D eigenvalue weighted by Crippen LogP contribution is -2.46. The molecule has 0 spiro atoms. The molecular formula is C22H29NO6. The Kier molecular flexibility index (Phi) is 7.82. The molecule has 2 N–H and O–H groups in total. The second-order valence-corrected chi connectivity index (χ2v) is 7.21. The fourth-order valence-electron chi connectivity index (χ4n) is 3.21. The number of aryl methyl sites for hydroxylation is 2. The number of hydrogen-bond donors (Lipinski definition) is 2. The Balaban J connectivity index is 2.22. The van der Waals surface area contributed by atoms with Crippen molar-refractivity contribution in [1.82, 2.24) is 5.32 Å². The van der Waals surface area contributed by atoms with Crippen LogP contribution < -0.4 is 15.7 Å². The Morgan fingerprint density at radius 3 is 2.59 bits per heavy atom. The molecule has 0 radical (unpaired) electrons. The number of aliphatic carboxylic acids is 1. The molecule has 2 aromatic rings. The van der Waals surface area contributed by atoms with Gasteiger partial charge >= 0.3 is 11.6 Å². The van der Waals surface area contributed by atoms with Gasteiger partial charge in [-0.1, -0.05) is 33.1 Å². The summed E-state index contributed by atoms with van der Waals surface area (Å²) >= 11 is 0. The summed E-state index contributed by atoms with van der Waals surface area (Å²) in [7, 11) is 0. The minimum atomic E-state index is -1.06. The van der Waals surface area contributed by atoms with E-state index in [4.69, 9.17) is 9.15 Å². The van der Waals surface area contributed by atoms with Gasteiger partial charge in [0.1, 0.15) is 17.4 Å². The van der Waals surface area contributed by atoms with E-state index in [0.29, 0.717) is 29.7 Å². The fraction of sp³-hybridized carbons (Fsp3) is 0.500. The van der Waals surface area contributed by atoms with Gasteiger partial charge < -0.3 is 19.6 Å². The first kappa shape index (κ1) is 22.5. The molecule has 2 atom stereocenters. The minimum Gasteiger partial charge on any atom is -0.480 e. The molecule has 7 heteroatoms. The van der Waals surface area contributed by atoms with Gasteiger partial charge in [0.2, 0.25) is 0 Å².